The number of hydrogen-bond donors (Lipinski definition) is 1. The number of rotatable bonds is 5. The van der Waals surface area contributed by atoms with Crippen LogP contribution in [0.4, 0.5) is 4.79 Å². The van der Waals surface area contributed by atoms with Crippen LogP contribution in [0.1, 0.15) is 28.1 Å². The standard InChI is InChI=1S/C21H18N2O4S/c1-23(18(20(24)25)19-22-10-11-28-19)21(26)27-12-17-15-8-4-2-6-13(15)14-7-3-5-9-16(14)17/h2-11,17-18H,12H2,1H3,(H,24,25). The minimum absolute atomic E-state index is 0.0760. The summed E-state index contributed by atoms with van der Waals surface area (Å²) in [6.07, 6.45) is 0.825. The molecule has 0 radical (unpaired) electrons. The molecule has 1 atom stereocenters. The van der Waals surface area contributed by atoms with E-state index in [2.05, 4.69) is 17.1 Å². The molecule has 142 valence electrons. The second-order valence-electron chi connectivity index (χ2n) is 6.53. The quantitative estimate of drug-likeness (QED) is 0.703. The van der Waals surface area contributed by atoms with Crippen LogP contribution in [0.5, 0.6) is 0 Å². The third kappa shape index (κ3) is 3.14. The zero-order valence-electron chi connectivity index (χ0n) is 15.1. The fourth-order valence-corrected chi connectivity index (χ4v) is 4.38. The van der Waals surface area contributed by atoms with Crippen molar-refractivity contribution in [3.8, 4) is 11.1 Å². The van der Waals surface area contributed by atoms with Gasteiger partial charge in [0, 0.05) is 24.5 Å². The van der Waals surface area contributed by atoms with Gasteiger partial charge < -0.3 is 9.84 Å². The number of thiazole rings is 1. The lowest BCUT2D eigenvalue weighted by Crippen LogP contribution is -2.36. The number of benzene rings is 2. The second-order valence-corrected chi connectivity index (χ2v) is 7.45. The third-order valence-corrected chi connectivity index (χ3v) is 5.76. The summed E-state index contributed by atoms with van der Waals surface area (Å²) in [5.41, 5.74) is 4.49. The summed E-state index contributed by atoms with van der Waals surface area (Å²) in [4.78, 5) is 29.3. The topological polar surface area (TPSA) is 79.7 Å². The lowest BCUT2D eigenvalue weighted by Gasteiger charge is -2.23. The molecule has 1 N–H and O–H groups in total. The minimum atomic E-state index is -1.17. The Balaban J connectivity index is 1.53. The summed E-state index contributed by atoms with van der Waals surface area (Å²) in [5.74, 6) is -1.22. The SMILES string of the molecule is CN(C(=O)OCC1c2ccccc2-c2ccccc21)C(C(=O)O)c1nccs1. The summed E-state index contributed by atoms with van der Waals surface area (Å²) >= 11 is 1.19. The maximum atomic E-state index is 12.6. The Morgan fingerprint density at radius 2 is 1.75 bits per heavy atom. The summed E-state index contributed by atoms with van der Waals surface area (Å²) in [7, 11) is 1.42. The number of carboxylic acids is 1. The summed E-state index contributed by atoms with van der Waals surface area (Å²) in [6.45, 7) is 0.140. The molecule has 2 aromatic carbocycles. The van der Waals surface area contributed by atoms with E-state index >= 15 is 0 Å². The average Bonchev–Trinajstić information content (AvgIpc) is 3.32. The van der Waals surface area contributed by atoms with Crippen LogP contribution in [0.2, 0.25) is 0 Å². The van der Waals surface area contributed by atoms with Crippen LogP contribution in [0.3, 0.4) is 0 Å². The van der Waals surface area contributed by atoms with E-state index in [1.165, 1.54) is 24.6 Å². The highest BCUT2D eigenvalue weighted by Gasteiger charge is 2.33. The van der Waals surface area contributed by atoms with Gasteiger partial charge in [-0.1, -0.05) is 48.5 Å². The van der Waals surface area contributed by atoms with Gasteiger partial charge in [0.1, 0.15) is 11.6 Å². The van der Waals surface area contributed by atoms with Crippen molar-refractivity contribution in [2.45, 2.75) is 12.0 Å². The van der Waals surface area contributed by atoms with Gasteiger partial charge in [0.15, 0.2) is 6.04 Å². The molecule has 4 rings (SSSR count). The van der Waals surface area contributed by atoms with Gasteiger partial charge in [-0.25, -0.2) is 14.6 Å². The van der Waals surface area contributed by atoms with Crippen LogP contribution in [-0.4, -0.2) is 40.7 Å². The number of amides is 1. The van der Waals surface area contributed by atoms with E-state index in [1.54, 1.807) is 5.38 Å². The van der Waals surface area contributed by atoms with E-state index in [1.807, 2.05) is 36.4 Å². The molecule has 6 nitrogen and oxygen atoms in total. The Morgan fingerprint density at radius 1 is 1.14 bits per heavy atom. The van der Waals surface area contributed by atoms with Crippen molar-refractivity contribution in [1.29, 1.82) is 0 Å². The summed E-state index contributed by atoms with van der Waals surface area (Å²) in [6, 6.07) is 14.9. The highest BCUT2D eigenvalue weighted by molar-refractivity contribution is 7.09. The molecule has 1 heterocycles. The largest absolute Gasteiger partial charge is 0.479 e. The Kier molecular flexibility index (Phi) is 4.83. The van der Waals surface area contributed by atoms with Gasteiger partial charge in [-0.2, -0.15) is 0 Å². The van der Waals surface area contributed by atoms with Gasteiger partial charge in [-0.05, 0) is 22.3 Å². The van der Waals surface area contributed by atoms with Crippen LogP contribution >= 0.6 is 11.3 Å². The number of aliphatic carboxylic acids is 1. The van der Waals surface area contributed by atoms with Crippen molar-refractivity contribution in [2.75, 3.05) is 13.7 Å². The van der Waals surface area contributed by atoms with E-state index in [9.17, 15) is 14.7 Å². The first-order chi connectivity index (χ1) is 13.6. The van der Waals surface area contributed by atoms with E-state index in [-0.39, 0.29) is 12.5 Å². The second kappa shape index (κ2) is 7.44. The van der Waals surface area contributed by atoms with Gasteiger partial charge in [0.25, 0.3) is 0 Å². The Bertz CT molecular complexity index is 973. The number of hydrogen-bond acceptors (Lipinski definition) is 5. The molecular weight excluding hydrogens is 376 g/mol. The number of carbonyl (C=O) groups is 2. The lowest BCUT2D eigenvalue weighted by molar-refractivity contribution is -0.142. The molecule has 0 saturated carbocycles. The lowest BCUT2D eigenvalue weighted by atomic mass is 9.98. The number of nitrogens with zero attached hydrogens (tertiary/aromatic N) is 2. The first kappa shape index (κ1) is 18.2. The molecule has 3 aromatic rings. The smallest absolute Gasteiger partial charge is 0.410 e. The van der Waals surface area contributed by atoms with Crippen LogP contribution in [0.25, 0.3) is 11.1 Å². The van der Waals surface area contributed by atoms with Gasteiger partial charge in [0.05, 0.1) is 0 Å². The van der Waals surface area contributed by atoms with Gasteiger partial charge in [-0.3, -0.25) is 4.90 Å². The maximum absolute atomic E-state index is 12.6. The first-order valence-electron chi connectivity index (χ1n) is 8.78. The van der Waals surface area contributed by atoms with Crippen molar-refractivity contribution in [1.82, 2.24) is 9.88 Å². The molecule has 0 spiro atoms. The fourth-order valence-electron chi connectivity index (χ4n) is 3.61. The fraction of sp³-hybridized carbons (Fsp3) is 0.190. The highest BCUT2D eigenvalue weighted by Crippen LogP contribution is 2.44. The van der Waals surface area contributed by atoms with E-state index in [0.29, 0.717) is 5.01 Å². The predicted molar refractivity (Wildman–Crippen MR) is 105 cm³/mol. The minimum Gasteiger partial charge on any atom is -0.479 e. The number of carboxylic acid groups (broad SMARTS) is 1. The van der Waals surface area contributed by atoms with Crippen molar-refractivity contribution in [3.63, 3.8) is 0 Å². The van der Waals surface area contributed by atoms with E-state index in [4.69, 9.17) is 4.74 Å². The molecule has 0 aliphatic heterocycles. The van der Waals surface area contributed by atoms with Crippen molar-refractivity contribution in [2.24, 2.45) is 0 Å². The molecule has 1 aromatic heterocycles. The van der Waals surface area contributed by atoms with Gasteiger partial charge >= 0.3 is 12.1 Å². The van der Waals surface area contributed by atoms with Crippen LogP contribution in [0.15, 0.2) is 60.1 Å². The van der Waals surface area contributed by atoms with Gasteiger partial charge in [0.2, 0.25) is 0 Å². The molecule has 1 aliphatic carbocycles. The molecule has 1 aliphatic rings. The van der Waals surface area contributed by atoms with Crippen molar-refractivity contribution in [3.05, 3.63) is 76.2 Å². The van der Waals surface area contributed by atoms with E-state index < -0.39 is 18.1 Å². The number of carbonyl (C=O) groups excluding carboxylic acids is 1. The summed E-state index contributed by atoms with van der Waals surface area (Å²) < 4.78 is 5.53. The summed E-state index contributed by atoms with van der Waals surface area (Å²) in [5, 5.41) is 11.5. The number of aromatic nitrogens is 1. The molecule has 0 bridgehead atoms. The van der Waals surface area contributed by atoms with Crippen LogP contribution in [0, 0.1) is 0 Å². The molecule has 7 heteroatoms. The van der Waals surface area contributed by atoms with Gasteiger partial charge in [-0.15, -0.1) is 11.3 Å². The monoisotopic (exact) mass is 394 g/mol. The average molecular weight is 394 g/mol. The normalized spacial score (nSPS) is 13.5. The number of likely N-dealkylation sites (N-methyl/N-ethyl adjacent to an activating group) is 1. The molecule has 0 saturated heterocycles. The Labute approximate surface area is 166 Å². The maximum Gasteiger partial charge on any atom is 0.410 e. The molecule has 28 heavy (non-hydrogen) atoms. The van der Waals surface area contributed by atoms with Crippen molar-refractivity contribution < 1.29 is 19.4 Å². The molecule has 1 unspecified atom stereocenters. The highest BCUT2D eigenvalue weighted by atomic mass is 32.1. The predicted octanol–water partition coefficient (Wildman–Crippen LogP) is 4.15. The number of ether oxygens (including phenoxy) is 1. The Hall–Kier alpha value is -3.19. The number of fused-ring (bicyclic) bond motifs is 3. The van der Waals surface area contributed by atoms with Crippen LogP contribution in [-0.2, 0) is 9.53 Å². The molecular formula is C21H18N2O4S. The first-order valence-corrected chi connectivity index (χ1v) is 9.66. The zero-order chi connectivity index (χ0) is 19.7. The zero-order valence-corrected chi connectivity index (χ0v) is 15.9. The molecule has 1 amide bonds. The van der Waals surface area contributed by atoms with E-state index in [0.717, 1.165) is 27.2 Å². The molecule has 0 fully saturated rings. The Morgan fingerprint density at radius 3 is 2.29 bits per heavy atom. The van der Waals surface area contributed by atoms with Crippen LogP contribution < -0.4 is 0 Å². The van der Waals surface area contributed by atoms with Crippen molar-refractivity contribution >= 4 is 23.4 Å². The third-order valence-electron chi connectivity index (χ3n) is 4.93.